The molecule has 43 nitrogen and oxygen atoms in total. The van der Waals surface area contributed by atoms with Crippen molar-refractivity contribution in [1.82, 2.24) is 75.4 Å². The number of para-hydroxylation sites is 4. The first-order chi connectivity index (χ1) is 71.7. The van der Waals surface area contributed by atoms with E-state index in [0.717, 1.165) is 173 Å². The number of amides is 2. The maximum absolute atomic E-state index is 12.7. The van der Waals surface area contributed by atoms with E-state index < -0.39 is 45.1 Å². The third kappa shape index (κ3) is 39.2. The molecule has 2 saturated heterocycles. The maximum Gasteiger partial charge on any atom is 0.573 e. The molecule has 0 radical (unpaired) electrons. The largest absolute Gasteiger partial charge is 0.573 e. The summed E-state index contributed by atoms with van der Waals surface area (Å²) in [6, 6.07) is 24.5. The van der Waals surface area contributed by atoms with Crippen LogP contribution in [0.4, 0.5) is 127 Å². The Bertz CT molecular complexity index is 5620. The average molecular weight is 2130 g/mol. The number of nitrogens with zero attached hydrogens (tertiary/aromatic N) is 16. The minimum absolute atomic E-state index is 0.0296. The summed E-state index contributed by atoms with van der Waals surface area (Å²) in [5.74, 6) is 0.191. The molecule has 4 saturated carbocycles. The van der Waals surface area contributed by atoms with E-state index in [1.807, 2.05) is 7.05 Å². The van der Waals surface area contributed by atoms with Crippen molar-refractivity contribution in [2.45, 2.75) is 199 Å². The van der Waals surface area contributed by atoms with Gasteiger partial charge in [-0.05, 0) is 184 Å². The van der Waals surface area contributed by atoms with Crippen LogP contribution in [0.3, 0.4) is 0 Å². The zero-order chi connectivity index (χ0) is 108. The average Bonchev–Trinajstić information content (AvgIpc) is 0.854. The van der Waals surface area contributed by atoms with Crippen molar-refractivity contribution in [2.75, 3.05) is 161 Å². The first kappa shape index (κ1) is 116. The van der Waals surface area contributed by atoms with Crippen molar-refractivity contribution < 1.29 is 111 Å². The molecule has 0 unspecified atom stereocenters. The zero-order valence-corrected chi connectivity index (χ0v) is 82.8. The number of aliphatic hydroxyl groups is 1. The van der Waals surface area contributed by atoms with Gasteiger partial charge >= 0.3 is 54.3 Å². The SMILES string of the molecule is CC(=O)NCCNC1CCC(CNc2nc(NCc3ccccc3OC(F)(F)F)ncc2[N+](=O)[O-])CC1.CCOC(=O)N1CCN(C2CCC(CNc3nc(NCc4ccccc4OC(F)(F)F)ncc3[N+](=O)[O-])CC2)CC1.CN(CCO)C1CCC(CNc2nc(NCc3ccccc3OC(F)(F)F)ncc2[N+](=O)[O-])CC1.O=[N+]([O-])c1cnc(NCc2ccccc2OC(F)(F)F)nc1NCC1CCC(N2CCCNCC2)CC1. The predicted molar refractivity (Wildman–Crippen MR) is 529 cm³/mol. The number of benzene rings is 4. The molecule has 6 heterocycles. The highest BCUT2D eigenvalue weighted by Gasteiger charge is 2.39. The van der Waals surface area contributed by atoms with E-state index in [0.29, 0.717) is 113 Å². The van der Waals surface area contributed by atoms with Crippen LogP contribution < -0.4 is 77.4 Å². The van der Waals surface area contributed by atoms with Crippen LogP contribution in [0.5, 0.6) is 23.0 Å². The van der Waals surface area contributed by atoms with Crippen LogP contribution in [0.1, 0.15) is 145 Å². The molecule has 55 heteroatoms. The van der Waals surface area contributed by atoms with Gasteiger partial charge in [-0.3, -0.25) is 55.1 Å². The fourth-order valence-corrected chi connectivity index (χ4v) is 18.4. The summed E-state index contributed by atoms with van der Waals surface area (Å²) < 4.78 is 173. The van der Waals surface area contributed by atoms with Crippen molar-refractivity contribution in [3.8, 4) is 23.0 Å². The highest BCUT2D eigenvalue weighted by Crippen LogP contribution is 2.39. The molecule has 12 N–H and O–H groups in total. The highest BCUT2D eigenvalue weighted by atomic mass is 19.4. The lowest BCUT2D eigenvalue weighted by Crippen LogP contribution is -2.52. The first-order valence-electron chi connectivity index (χ1n) is 49.4. The minimum Gasteiger partial charge on any atom is -0.450 e. The standard InChI is InChI=1S/C26H34F3N7O5.C24H32F3N7O3.C23H30F3N7O4.C22H29F3N6O4/c1-2-40-25(37)35-13-11-34(12-14-35)20-9-7-18(8-10-20)15-30-23-21(36(38)39)17-32-24(33-23)31-16-19-5-3-4-6-22(19)41-26(27,28)29;25-24(26,27)37-21-5-2-1-4-18(21)15-30-23-31-16-20(34(35)36)22(32-23)29-14-17-6-8-19(9-7-17)33-12-3-10-28-11-13-33;1-15(34)27-10-11-28-18-8-6-16(7-9-18)12-29-21-19(33(35)36)14-31-22(32-21)30-13-17-4-2-3-5-20(17)37-23(24,25)26;1-30(10-11-32)17-8-6-15(7-9-17)12-26-20-18(31(33)34)14-28-21(29-20)27-13-16-4-2-3-5-19(16)35-22(23,24)25/h3-6,17-18,20H,2,7-16H2,1H3,(H2,30,31,32,33);1-2,4-5,16-17,19,28H,3,6-15H2,(H2,29,30,31,32);2-5,14,16,18,28H,6-13H2,1H3,(H,27,34)(H2,29,30,31,32);2-5,14-15,17,32H,6-13H2,1H3,(H2,26,27,28,29). The highest BCUT2D eigenvalue weighted by molar-refractivity contribution is 5.72. The summed E-state index contributed by atoms with van der Waals surface area (Å²) in [6.45, 7) is 14.6. The number of nitro groups is 4. The van der Waals surface area contributed by atoms with Gasteiger partial charge in [0.05, 0.1) is 32.9 Å². The van der Waals surface area contributed by atoms with Gasteiger partial charge in [0.15, 0.2) is 0 Å². The number of carbonyl (C=O) groups excluding carboxylic acids is 2. The lowest BCUT2D eigenvalue weighted by atomic mass is 9.85. The smallest absolute Gasteiger partial charge is 0.450 e. The van der Waals surface area contributed by atoms with Gasteiger partial charge in [0.25, 0.3) is 0 Å². The van der Waals surface area contributed by atoms with Gasteiger partial charge in [-0.15, -0.1) is 52.7 Å². The van der Waals surface area contributed by atoms with Crippen LogP contribution in [0, 0.1) is 64.1 Å². The Kier molecular flexibility index (Phi) is 44.3. The van der Waals surface area contributed by atoms with E-state index in [9.17, 15) is 103 Å². The second-order valence-corrected chi connectivity index (χ2v) is 36.5. The zero-order valence-electron chi connectivity index (χ0n) is 82.8. The summed E-state index contributed by atoms with van der Waals surface area (Å²) in [4.78, 5) is 108. The molecule has 150 heavy (non-hydrogen) atoms. The summed E-state index contributed by atoms with van der Waals surface area (Å²) >= 11 is 0. The third-order valence-electron chi connectivity index (χ3n) is 26.2. The minimum atomic E-state index is -4.84. The van der Waals surface area contributed by atoms with E-state index in [1.54, 1.807) is 36.1 Å². The Labute approximate surface area is 855 Å². The topological polar surface area (TPSA) is 521 Å². The molecule has 2 aliphatic heterocycles. The fourth-order valence-electron chi connectivity index (χ4n) is 18.4. The van der Waals surface area contributed by atoms with Crippen molar-refractivity contribution in [3.63, 3.8) is 0 Å². The number of ether oxygens (including phenoxy) is 5. The molecule has 820 valence electrons. The second-order valence-electron chi connectivity index (χ2n) is 36.5. The van der Waals surface area contributed by atoms with Crippen LogP contribution in [-0.2, 0) is 35.7 Å². The molecule has 0 spiro atoms. The molecule has 14 rings (SSSR count). The summed E-state index contributed by atoms with van der Waals surface area (Å²) in [5.41, 5.74) is -0.203. The number of aromatic nitrogens is 8. The van der Waals surface area contributed by atoms with Crippen molar-refractivity contribution in [3.05, 3.63) is 185 Å². The van der Waals surface area contributed by atoms with Crippen LogP contribution in [0.15, 0.2) is 122 Å². The molecule has 4 aromatic carbocycles. The predicted octanol–water partition coefficient (Wildman–Crippen LogP) is 16.2. The van der Waals surface area contributed by atoms with Gasteiger partial charge in [0.1, 0.15) is 47.8 Å². The fraction of sp³-hybridized carbons (Fsp3) is 0.558. The lowest BCUT2D eigenvalue weighted by Gasteiger charge is -2.41. The van der Waals surface area contributed by atoms with Gasteiger partial charge in [-0.25, -0.2) is 24.7 Å². The Morgan fingerprint density at radius 3 is 1.05 bits per heavy atom. The number of alkyl halides is 12. The lowest BCUT2D eigenvalue weighted by molar-refractivity contribution is -0.384. The number of rotatable bonds is 42. The van der Waals surface area contributed by atoms with Crippen LogP contribution in [-0.4, -0.2) is 264 Å². The molecule has 8 aromatic rings. The molecule has 6 fully saturated rings. The molecule has 2 amide bonds. The Morgan fingerprint density at radius 2 is 0.740 bits per heavy atom. The molecular weight excluding hydrogens is 2000 g/mol. The third-order valence-corrected chi connectivity index (χ3v) is 26.2. The number of hydrogen-bond acceptors (Lipinski definition) is 37. The van der Waals surface area contributed by atoms with Gasteiger partial charge in [0.2, 0.25) is 53.0 Å². The molecule has 6 aliphatic rings. The van der Waals surface area contributed by atoms with Crippen molar-refractivity contribution >= 4 is 81.8 Å². The monoisotopic (exact) mass is 2130 g/mol. The van der Waals surface area contributed by atoms with E-state index in [4.69, 9.17) is 9.84 Å². The van der Waals surface area contributed by atoms with Crippen molar-refractivity contribution in [2.24, 2.45) is 23.7 Å². The number of carbonyl (C=O) groups is 2. The Balaban J connectivity index is 0.000000190. The number of nitrogens with one attached hydrogen (secondary N) is 11. The van der Waals surface area contributed by atoms with Crippen LogP contribution >= 0.6 is 0 Å². The Hall–Kier alpha value is -13.9. The second kappa shape index (κ2) is 57.2. The number of aliphatic hydroxyl groups excluding tert-OH is 1. The Morgan fingerprint density at radius 1 is 0.427 bits per heavy atom. The summed E-state index contributed by atoms with van der Waals surface area (Å²) in [6.07, 6.45) is 1.56. The van der Waals surface area contributed by atoms with Gasteiger partial charge in [0, 0.05) is 165 Å². The molecule has 4 aromatic heterocycles. The van der Waals surface area contributed by atoms with E-state index in [2.05, 4.69) is 132 Å². The van der Waals surface area contributed by atoms with Gasteiger partial charge in [-0.1, -0.05) is 72.8 Å². The number of likely N-dealkylation sites (N-methyl/N-ethyl adjacent to an activating group) is 1. The first-order valence-corrected chi connectivity index (χ1v) is 49.4. The summed E-state index contributed by atoms with van der Waals surface area (Å²) in [7, 11) is 1.99. The summed E-state index contributed by atoms with van der Waals surface area (Å²) in [5, 5.41) is 88.3. The van der Waals surface area contributed by atoms with Crippen molar-refractivity contribution in [1.29, 1.82) is 0 Å². The number of piperazine rings is 1. The quantitative estimate of drug-likeness (QED) is 0.00731. The van der Waals surface area contributed by atoms with Gasteiger partial charge in [-0.2, -0.15) is 19.9 Å². The maximum atomic E-state index is 12.7. The van der Waals surface area contributed by atoms with Crippen LogP contribution in [0.25, 0.3) is 0 Å². The van der Waals surface area contributed by atoms with Crippen LogP contribution in [0.2, 0.25) is 0 Å². The normalized spacial score (nSPS) is 19.3. The molecule has 0 bridgehead atoms. The van der Waals surface area contributed by atoms with E-state index in [1.165, 1.54) is 79.7 Å². The molecular formula is C95H125F12N27O16. The molecule has 0 atom stereocenters. The van der Waals surface area contributed by atoms with Gasteiger partial charge < -0.3 is 97.1 Å². The van der Waals surface area contributed by atoms with E-state index in [-0.39, 0.29) is 160 Å². The van der Waals surface area contributed by atoms with E-state index >= 15 is 0 Å². The number of halogens is 12. The molecule has 4 aliphatic carbocycles. The number of anilines is 8. The number of hydrogen-bond donors (Lipinski definition) is 12.